The zero-order valence-electron chi connectivity index (χ0n) is 46.0. The third-order valence-corrected chi connectivity index (χ3v) is 14.1. The van der Waals surface area contributed by atoms with E-state index in [-0.39, 0.29) is 17.8 Å². The molecule has 2 unspecified atom stereocenters. The molecule has 0 heterocycles. The Labute approximate surface area is 418 Å². The number of rotatable bonds is 54. The van der Waals surface area contributed by atoms with Crippen LogP contribution in [-0.4, -0.2) is 87.2 Å². The van der Waals surface area contributed by atoms with Gasteiger partial charge in [0.25, 0.3) is 0 Å². The molecule has 0 aliphatic heterocycles. The Morgan fingerprint density at radius 3 is 1.15 bits per heavy atom. The number of carbonyl (C=O) groups is 3. The summed E-state index contributed by atoms with van der Waals surface area (Å²) >= 11 is 0. The molecule has 398 valence electrons. The Kier molecular flexibility index (Phi) is 50.9. The molecule has 0 spiro atoms. The number of carbonyl (C=O) groups excluding carboxylic acids is 3. The quantitative estimate of drug-likeness (QED) is 0.0480. The molecule has 0 bridgehead atoms. The zero-order valence-corrected chi connectivity index (χ0v) is 46.0. The minimum Gasteiger partial charge on any atom is -0.465 e. The first-order chi connectivity index (χ1) is 32.8. The Bertz CT molecular complexity index is 1000. The number of amides is 1. The van der Waals surface area contributed by atoms with Crippen LogP contribution in [0, 0.1) is 11.8 Å². The predicted molar refractivity (Wildman–Crippen MR) is 289 cm³/mol. The fourth-order valence-electron chi connectivity index (χ4n) is 9.37. The molecule has 0 rings (SSSR count). The summed E-state index contributed by atoms with van der Waals surface area (Å²) in [6.07, 6.45) is 46.4. The predicted octanol–water partition coefficient (Wildman–Crippen LogP) is 16.4. The minimum absolute atomic E-state index is 0.0132. The molecule has 2 atom stereocenters. The average molecular weight is 949 g/mol. The van der Waals surface area contributed by atoms with E-state index in [0.29, 0.717) is 44.3 Å². The number of hydrogen-bond acceptors (Lipinski definition) is 7. The van der Waals surface area contributed by atoms with E-state index >= 15 is 0 Å². The van der Waals surface area contributed by atoms with E-state index in [1.165, 1.54) is 173 Å². The molecule has 0 saturated carbocycles. The minimum atomic E-state index is -0.0132. The molecule has 8 heteroatoms. The van der Waals surface area contributed by atoms with Crippen molar-refractivity contribution in [3.05, 3.63) is 0 Å². The van der Waals surface area contributed by atoms with Gasteiger partial charge in [0.15, 0.2) is 0 Å². The van der Waals surface area contributed by atoms with E-state index in [1.54, 1.807) is 0 Å². The third kappa shape index (κ3) is 47.8. The van der Waals surface area contributed by atoms with Crippen molar-refractivity contribution in [3.63, 3.8) is 0 Å². The zero-order chi connectivity index (χ0) is 49.1. The second kappa shape index (κ2) is 52.2. The van der Waals surface area contributed by atoms with Crippen molar-refractivity contribution in [2.75, 3.05) is 59.5 Å². The standard InChI is InChI=1S/C59H117N3O5/c1-7-12-17-22-25-31-42-55(40-29-20-15-10-4)53-66-58(64)45-34-27-37-49-62(52-51-61(6)48-39-36-47-60-57(63)44-33-24-19-14-9-3)50-38-28-35-46-59(65)67-54-56(41-30-21-16-11-5)43-32-26-23-18-13-8-2/h55-56H,7-54H2,1-6H3,(H,60,63). The Hall–Kier alpha value is -1.67. The number of hydrogen-bond donors (Lipinski definition) is 1. The lowest BCUT2D eigenvalue weighted by molar-refractivity contribution is -0.146. The summed E-state index contributed by atoms with van der Waals surface area (Å²) < 4.78 is 11.8. The molecule has 0 radical (unpaired) electrons. The van der Waals surface area contributed by atoms with Gasteiger partial charge < -0.3 is 24.6 Å². The van der Waals surface area contributed by atoms with Gasteiger partial charge in [-0.2, -0.15) is 0 Å². The van der Waals surface area contributed by atoms with E-state index in [9.17, 15) is 14.4 Å². The van der Waals surface area contributed by atoms with Crippen molar-refractivity contribution in [3.8, 4) is 0 Å². The molecular weight excluding hydrogens is 831 g/mol. The summed E-state index contributed by atoms with van der Waals surface area (Å²) in [5.41, 5.74) is 0. The van der Waals surface area contributed by atoms with Gasteiger partial charge in [0, 0.05) is 38.9 Å². The molecule has 0 aromatic rings. The smallest absolute Gasteiger partial charge is 0.305 e. The van der Waals surface area contributed by atoms with Crippen molar-refractivity contribution in [1.29, 1.82) is 0 Å². The number of nitrogens with one attached hydrogen (secondary N) is 1. The van der Waals surface area contributed by atoms with Gasteiger partial charge in [-0.1, -0.05) is 202 Å². The average Bonchev–Trinajstić information content (AvgIpc) is 3.32. The van der Waals surface area contributed by atoms with Crippen molar-refractivity contribution >= 4 is 17.8 Å². The van der Waals surface area contributed by atoms with Gasteiger partial charge in [-0.3, -0.25) is 14.4 Å². The molecule has 1 N–H and O–H groups in total. The molecule has 0 aromatic carbocycles. The summed E-state index contributed by atoms with van der Waals surface area (Å²) in [6.45, 7) is 18.4. The Morgan fingerprint density at radius 2 is 0.716 bits per heavy atom. The maximum atomic E-state index is 12.9. The highest BCUT2D eigenvalue weighted by Gasteiger charge is 2.15. The van der Waals surface area contributed by atoms with Crippen LogP contribution in [0.25, 0.3) is 0 Å². The maximum Gasteiger partial charge on any atom is 0.305 e. The Balaban J connectivity index is 4.89. The highest BCUT2D eigenvalue weighted by molar-refractivity contribution is 5.75. The number of ether oxygens (including phenoxy) is 2. The van der Waals surface area contributed by atoms with Crippen molar-refractivity contribution in [2.24, 2.45) is 11.8 Å². The fraction of sp³-hybridized carbons (Fsp3) is 0.949. The fourth-order valence-corrected chi connectivity index (χ4v) is 9.37. The van der Waals surface area contributed by atoms with E-state index in [4.69, 9.17) is 9.47 Å². The van der Waals surface area contributed by atoms with Gasteiger partial charge >= 0.3 is 11.9 Å². The second-order valence-corrected chi connectivity index (χ2v) is 20.9. The lowest BCUT2D eigenvalue weighted by atomic mass is 9.95. The molecule has 0 aliphatic carbocycles. The molecular formula is C59H117N3O5. The molecule has 0 aromatic heterocycles. The largest absolute Gasteiger partial charge is 0.465 e. The Morgan fingerprint density at radius 1 is 0.373 bits per heavy atom. The summed E-state index contributed by atoms with van der Waals surface area (Å²) in [5, 5.41) is 3.13. The summed E-state index contributed by atoms with van der Waals surface area (Å²) in [4.78, 5) is 43.0. The van der Waals surface area contributed by atoms with Crippen LogP contribution >= 0.6 is 0 Å². The van der Waals surface area contributed by atoms with Crippen LogP contribution in [0.1, 0.15) is 291 Å². The van der Waals surface area contributed by atoms with E-state index in [0.717, 1.165) is 103 Å². The van der Waals surface area contributed by atoms with E-state index < -0.39 is 0 Å². The first-order valence-electron chi connectivity index (χ1n) is 29.8. The van der Waals surface area contributed by atoms with Crippen LogP contribution in [0.3, 0.4) is 0 Å². The van der Waals surface area contributed by atoms with Gasteiger partial charge in [0.05, 0.1) is 13.2 Å². The lowest BCUT2D eigenvalue weighted by Crippen LogP contribution is -2.35. The summed E-state index contributed by atoms with van der Waals surface area (Å²) in [5.74, 6) is 1.20. The molecule has 67 heavy (non-hydrogen) atoms. The normalized spacial score (nSPS) is 12.5. The topological polar surface area (TPSA) is 88.2 Å². The van der Waals surface area contributed by atoms with Gasteiger partial charge in [0.1, 0.15) is 0 Å². The molecule has 0 aliphatic rings. The van der Waals surface area contributed by atoms with Crippen LogP contribution in [-0.2, 0) is 23.9 Å². The molecule has 1 amide bonds. The molecule has 0 saturated heterocycles. The summed E-state index contributed by atoms with van der Waals surface area (Å²) in [6, 6.07) is 0. The first-order valence-corrected chi connectivity index (χ1v) is 29.8. The van der Waals surface area contributed by atoms with Crippen LogP contribution in [0.15, 0.2) is 0 Å². The van der Waals surface area contributed by atoms with Gasteiger partial charge in [-0.15, -0.1) is 0 Å². The first kappa shape index (κ1) is 65.3. The van der Waals surface area contributed by atoms with Crippen LogP contribution < -0.4 is 5.32 Å². The van der Waals surface area contributed by atoms with Crippen LogP contribution in [0.2, 0.25) is 0 Å². The van der Waals surface area contributed by atoms with Crippen molar-refractivity contribution < 1.29 is 23.9 Å². The highest BCUT2D eigenvalue weighted by atomic mass is 16.5. The van der Waals surface area contributed by atoms with Crippen LogP contribution in [0.5, 0.6) is 0 Å². The van der Waals surface area contributed by atoms with Crippen LogP contribution in [0.4, 0.5) is 0 Å². The van der Waals surface area contributed by atoms with Gasteiger partial charge in [-0.25, -0.2) is 0 Å². The second-order valence-electron chi connectivity index (χ2n) is 20.9. The SMILES string of the molecule is CCCCCCCCC(CCCCCC)COC(=O)CCCCCN(CCCCCC(=O)OCC(CCCCCC)CCCCCCCC)CCN(C)CCCCNC(=O)CCCCCCC. The number of esters is 2. The monoisotopic (exact) mass is 948 g/mol. The number of nitrogens with zero attached hydrogens (tertiary/aromatic N) is 2. The van der Waals surface area contributed by atoms with Gasteiger partial charge in [-0.05, 0) is 109 Å². The van der Waals surface area contributed by atoms with E-state index in [2.05, 4.69) is 56.8 Å². The highest BCUT2D eigenvalue weighted by Crippen LogP contribution is 2.22. The van der Waals surface area contributed by atoms with E-state index in [1.807, 2.05) is 0 Å². The van der Waals surface area contributed by atoms with Gasteiger partial charge in [0.2, 0.25) is 5.91 Å². The van der Waals surface area contributed by atoms with Crippen molar-refractivity contribution in [2.45, 2.75) is 291 Å². The third-order valence-electron chi connectivity index (χ3n) is 14.1. The summed E-state index contributed by atoms with van der Waals surface area (Å²) in [7, 11) is 2.22. The lowest BCUT2D eigenvalue weighted by Gasteiger charge is -2.25. The van der Waals surface area contributed by atoms with Crippen molar-refractivity contribution in [1.82, 2.24) is 15.1 Å². The molecule has 8 nitrogen and oxygen atoms in total. The maximum absolute atomic E-state index is 12.9. The molecule has 0 fully saturated rings. The number of likely N-dealkylation sites (N-methyl/N-ethyl adjacent to an activating group) is 1. The number of unbranched alkanes of at least 4 members (excludes halogenated alkanes) is 25.